The summed E-state index contributed by atoms with van der Waals surface area (Å²) in [6.45, 7) is 3.57. The summed E-state index contributed by atoms with van der Waals surface area (Å²) in [5, 5.41) is 11.2. The molecule has 0 aliphatic heterocycles. The Hall–Kier alpha value is -3.21. The third kappa shape index (κ3) is 6.02. The Morgan fingerprint density at radius 2 is 1.76 bits per heavy atom. The fraction of sp³-hybridized carbons (Fsp3) is 0.125. The molecule has 0 saturated carbocycles. The normalized spacial score (nSPS) is 11.2. The first-order valence-corrected chi connectivity index (χ1v) is 13.6. The van der Waals surface area contributed by atoms with Gasteiger partial charge in [0, 0.05) is 17.0 Å². The Morgan fingerprint density at radius 1 is 0.971 bits per heavy atom. The molecular formula is C24H22N4O3S3. The molecule has 0 atom stereocenters. The molecule has 10 heteroatoms. The minimum absolute atomic E-state index is 0.0398. The first kappa shape index (κ1) is 23.9. The van der Waals surface area contributed by atoms with Gasteiger partial charge in [0.15, 0.2) is 4.34 Å². The lowest BCUT2D eigenvalue weighted by Crippen LogP contribution is -2.17. The maximum Gasteiger partial charge on any atom is 0.262 e. The number of anilines is 2. The summed E-state index contributed by atoms with van der Waals surface area (Å²) in [5.41, 5.74) is 3.31. The van der Waals surface area contributed by atoms with Crippen molar-refractivity contribution in [2.24, 2.45) is 0 Å². The lowest BCUT2D eigenvalue weighted by atomic mass is 10.1. The van der Waals surface area contributed by atoms with Crippen LogP contribution in [0.15, 0.2) is 82.0 Å². The number of benzene rings is 3. The Bertz CT molecular complexity index is 1420. The van der Waals surface area contributed by atoms with E-state index in [0.717, 1.165) is 15.7 Å². The summed E-state index contributed by atoms with van der Waals surface area (Å²) >= 11 is 2.80. The van der Waals surface area contributed by atoms with E-state index < -0.39 is 15.9 Å². The van der Waals surface area contributed by atoms with Gasteiger partial charge in [0.25, 0.3) is 15.9 Å². The van der Waals surface area contributed by atoms with Crippen LogP contribution in [-0.2, 0) is 15.8 Å². The van der Waals surface area contributed by atoms with Gasteiger partial charge in [0.05, 0.1) is 4.90 Å². The average Bonchev–Trinajstić information content (AvgIpc) is 3.25. The highest BCUT2D eigenvalue weighted by Crippen LogP contribution is 2.29. The molecule has 7 nitrogen and oxygen atoms in total. The standard InChI is InChI=1S/C24H22N4O3S3/c1-16-7-6-10-20(13-16)28-34(30,31)21-14-19(12-11-17(21)2)22(29)25-23-26-27-24(33-23)32-15-18-8-4-3-5-9-18/h3-14,28H,15H2,1-2H3,(H,25,26,29). The number of sulfonamides is 1. The number of aromatic nitrogens is 2. The van der Waals surface area contributed by atoms with Crippen molar-refractivity contribution >= 4 is 49.8 Å². The van der Waals surface area contributed by atoms with Crippen LogP contribution in [0.2, 0.25) is 0 Å². The van der Waals surface area contributed by atoms with Gasteiger partial charge in [-0.1, -0.05) is 71.6 Å². The molecule has 1 amide bonds. The molecule has 4 rings (SSSR count). The van der Waals surface area contributed by atoms with Gasteiger partial charge in [-0.05, 0) is 54.8 Å². The van der Waals surface area contributed by atoms with E-state index in [2.05, 4.69) is 20.2 Å². The van der Waals surface area contributed by atoms with Gasteiger partial charge in [-0.2, -0.15) is 0 Å². The summed E-state index contributed by atoms with van der Waals surface area (Å²) in [7, 11) is -3.88. The number of nitrogens with one attached hydrogen (secondary N) is 2. The Kier molecular flexibility index (Phi) is 7.30. The maximum absolute atomic E-state index is 13.0. The first-order chi connectivity index (χ1) is 16.3. The first-order valence-electron chi connectivity index (χ1n) is 10.3. The van der Waals surface area contributed by atoms with Crippen molar-refractivity contribution in [1.29, 1.82) is 0 Å². The number of amides is 1. The van der Waals surface area contributed by atoms with Gasteiger partial charge < -0.3 is 0 Å². The SMILES string of the molecule is Cc1cccc(NS(=O)(=O)c2cc(C(=O)Nc3nnc(SCc4ccccc4)s3)ccc2C)c1. The van der Waals surface area contributed by atoms with Crippen LogP contribution >= 0.6 is 23.1 Å². The van der Waals surface area contributed by atoms with Crippen molar-refractivity contribution in [1.82, 2.24) is 10.2 Å². The molecule has 174 valence electrons. The smallest absolute Gasteiger partial charge is 0.262 e. The quantitative estimate of drug-likeness (QED) is 0.240. The Morgan fingerprint density at radius 3 is 2.53 bits per heavy atom. The lowest BCUT2D eigenvalue weighted by Gasteiger charge is -2.12. The average molecular weight is 511 g/mol. The van der Waals surface area contributed by atoms with E-state index in [-0.39, 0.29) is 10.5 Å². The highest BCUT2D eigenvalue weighted by atomic mass is 32.2. The van der Waals surface area contributed by atoms with Crippen LogP contribution in [0.1, 0.15) is 27.0 Å². The van der Waals surface area contributed by atoms with Gasteiger partial charge in [-0.3, -0.25) is 14.8 Å². The number of hydrogen-bond acceptors (Lipinski definition) is 7. The number of hydrogen-bond donors (Lipinski definition) is 2. The number of thioether (sulfide) groups is 1. The molecular weight excluding hydrogens is 488 g/mol. The van der Waals surface area contributed by atoms with Crippen molar-refractivity contribution < 1.29 is 13.2 Å². The van der Waals surface area contributed by atoms with Crippen molar-refractivity contribution in [3.05, 3.63) is 95.1 Å². The molecule has 2 N–H and O–H groups in total. The predicted octanol–water partition coefficient (Wildman–Crippen LogP) is 5.50. The van der Waals surface area contributed by atoms with Gasteiger partial charge in [0.1, 0.15) is 0 Å². The zero-order valence-electron chi connectivity index (χ0n) is 18.5. The maximum atomic E-state index is 13.0. The molecule has 0 radical (unpaired) electrons. The third-order valence-corrected chi connectivity index (χ3v) is 8.41. The number of carbonyl (C=O) groups excluding carboxylic acids is 1. The largest absolute Gasteiger partial charge is 0.296 e. The highest BCUT2D eigenvalue weighted by molar-refractivity contribution is 8.00. The topological polar surface area (TPSA) is 101 Å². The third-order valence-electron chi connectivity index (χ3n) is 4.84. The predicted molar refractivity (Wildman–Crippen MR) is 137 cm³/mol. The van der Waals surface area contributed by atoms with Crippen LogP contribution < -0.4 is 10.0 Å². The van der Waals surface area contributed by atoms with Gasteiger partial charge in [0.2, 0.25) is 5.13 Å². The zero-order valence-corrected chi connectivity index (χ0v) is 20.9. The van der Waals surface area contributed by atoms with Crippen molar-refractivity contribution in [2.75, 3.05) is 10.0 Å². The Balaban J connectivity index is 1.46. The van der Waals surface area contributed by atoms with Crippen LogP contribution in [0.5, 0.6) is 0 Å². The second-order valence-electron chi connectivity index (χ2n) is 7.56. The summed E-state index contributed by atoms with van der Waals surface area (Å²) in [6, 6.07) is 21.6. The van der Waals surface area contributed by atoms with Gasteiger partial charge in [-0.15, -0.1) is 10.2 Å². The van der Waals surface area contributed by atoms with E-state index in [1.54, 1.807) is 37.3 Å². The minimum atomic E-state index is -3.88. The number of carbonyl (C=O) groups is 1. The minimum Gasteiger partial charge on any atom is -0.296 e. The van der Waals surface area contributed by atoms with Crippen molar-refractivity contribution in [3.63, 3.8) is 0 Å². The van der Waals surface area contributed by atoms with E-state index in [0.29, 0.717) is 16.4 Å². The molecule has 0 fully saturated rings. The van der Waals surface area contributed by atoms with Crippen LogP contribution in [0, 0.1) is 13.8 Å². The molecule has 0 unspecified atom stereocenters. The van der Waals surface area contributed by atoms with E-state index >= 15 is 0 Å². The fourth-order valence-electron chi connectivity index (χ4n) is 3.16. The molecule has 0 aliphatic rings. The van der Waals surface area contributed by atoms with Crippen molar-refractivity contribution in [2.45, 2.75) is 28.8 Å². The molecule has 3 aromatic carbocycles. The summed E-state index contributed by atoms with van der Waals surface area (Å²) < 4.78 is 29.3. The van der Waals surface area contributed by atoms with E-state index in [4.69, 9.17) is 0 Å². The molecule has 34 heavy (non-hydrogen) atoms. The molecule has 4 aromatic rings. The van der Waals surface area contributed by atoms with Crippen molar-refractivity contribution in [3.8, 4) is 0 Å². The number of nitrogens with zero attached hydrogens (tertiary/aromatic N) is 2. The summed E-state index contributed by atoms with van der Waals surface area (Å²) in [5.74, 6) is 0.291. The summed E-state index contributed by atoms with van der Waals surface area (Å²) in [6.07, 6.45) is 0. The van der Waals surface area contributed by atoms with Crippen LogP contribution in [0.3, 0.4) is 0 Å². The second kappa shape index (κ2) is 10.4. The monoisotopic (exact) mass is 510 g/mol. The molecule has 0 saturated heterocycles. The van der Waals surface area contributed by atoms with Crippen LogP contribution in [0.4, 0.5) is 10.8 Å². The summed E-state index contributed by atoms with van der Waals surface area (Å²) in [4.78, 5) is 12.8. The molecule has 0 bridgehead atoms. The molecule has 0 spiro atoms. The molecule has 1 aromatic heterocycles. The second-order valence-corrected chi connectivity index (χ2v) is 11.4. The van der Waals surface area contributed by atoms with Gasteiger partial charge in [-0.25, -0.2) is 8.42 Å². The number of aryl methyl sites for hydroxylation is 2. The van der Waals surface area contributed by atoms with Crippen LogP contribution in [-0.4, -0.2) is 24.5 Å². The van der Waals surface area contributed by atoms with E-state index in [9.17, 15) is 13.2 Å². The van der Waals surface area contributed by atoms with Crippen LogP contribution in [0.25, 0.3) is 0 Å². The van der Waals surface area contributed by atoms with Gasteiger partial charge >= 0.3 is 0 Å². The van der Waals surface area contributed by atoms with E-state index in [1.807, 2.05) is 43.3 Å². The fourth-order valence-corrected chi connectivity index (χ4v) is 6.18. The highest BCUT2D eigenvalue weighted by Gasteiger charge is 2.20. The number of rotatable bonds is 8. The molecule has 1 heterocycles. The Labute approximate surface area is 206 Å². The van der Waals surface area contributed by atoms with E-state index in [1.165, 1.54) is 34.7 Å². The zero-order chi connectivity index (χ0) is 24.1. The molecule has 0 aliphatic carbocycles. The lowest BCUT2D eigenvalue weighted by molar-refractivity contribution is 0.102.